The Hall–Kier alpha value is -1.04. The summed E-state index contributed by atoms with van der Waals surface area (Å²) in [6.07, 6.45) is 3.36. The maximum Gasteiger partial charge on any atom is 0.149 e. The van der Waals surface area contributed by atoms with E-state index in [1.807, 2.05) is 4.68 Å². The summed E-state index contributed by atoms with van der Waals surface area (Å²) in [6, 6.07) is 6.42. The van der Waals surface area contributed by atoms with Gasteiger partial charge in [-0.3, -0.25) is 0 Å². The molecule has 2 N–H and O–H groups in total. The van der Waals surface area contributed by atoms with Gasteiger partial charge in [0.05, 0.1) is 5.69 Å². The smallest absolute Gasteiger partial charge is 0.149 e. The number of nitrogen functional groups attached to an aromatic ring is 1. The number of hydrogen-bond acceptors (Lipinski definition) is 2. The molecule has 0 amide bonds. The molecular formula is C13H14IN3. The van der Waals surface area contributed by atoms with Gasteiger partial charge in [0.25, 0.3) is 0 Å². The molecule has 17 heavy (non-hydrogen) atoms. The Kier molecular flexibility index (Phi) is 2.61. The van der Waals surface area contributed by atoms with E-state index in [0.29, 0.717) is 5.82 Å². The molecule has 4 heteroatoms. The third kappa shape index (κ3) is 1.74. The zero-order chi connectivity index (χ0) is 12.0. The Morgan fingerprint density at radius 1 is 1.35 bits per heavy atom. The van der Waals surface area contributed by atoms with Crippen molar-refractivity contribution in [1.29, 1.82) is 0 Å². The lowest BCUT2D eigenvalue weighted by Gasteiger charge is -2.07. The number of aryl methyl sites for hydroxylation is 1. The molecule has 0 saturated heterocycles. The minimum atomic E-state index is 0.702. The van der Waals surface area contributed by atoms with Crippen molar-refractivity contribution < 1.29 is 0 Å². The SMILES string of the molecule is Cc1ccc(-n2nc(N)c3c2CCC3)cc1I. The number of nitrogens with zero attached hydrogens (tertiary/aromatic N) is 2. The van der Waals surface area contributed by atoms with Crippen molar-refractivity contribution in [2.45, 2.75) is 26.2 Å². The second kappa shape index (κ2) is 4.01. The van der Waals surface area contributed by atoms with Crippen molar-refractivity contribution in [2.24, 2.45) is 0 Å². The van der Waals surface area contributed by atoms with Crippen LogP contribution in [-0.4, -0.2) is 9.78 Å². The van der Waals surface area contributed by atoms with E-state index in [9.17, 15) is 0 Å². The van der Waals surface area contributed by atoms with Crippen LogP contribution < -0.4 is 5.73 Å². The summed E-state index contributed by atoms with van der Waals surface area (Å²) in [6.45, 7) is 2.12. The fraction of sp³-hybridized carbons (Fsp3) is 0.308. The van der Waals surface area contributed by atoms with Gasteiger partial charge in [0.2, 0.25) is 0 Å². The number of aromatic nitrogens is 2. The highest BCUT2D eigenvalue weighted by molar-refractivity contribution is 14.1. The Labute approximate surface area is 114 Å². The lowest BCUT2D eigenvalue weighted by atomic mass is 10.2. The maximum atomic E-state index is 5.96. The molecule has 0 unspecified atom stereocenters. The van der Waals surface area contributed by atoms with Gasteiger partial charge in [-0.25, -0.2) is 4.68 Å². The normalized spacial score (nSPS) is 14.0. The summed E-state index contributed by atoms with van der Waals surface area (Å²) < 4.78 is 3.28. The first-order valence-corrected chi connectivity index (χ1v) is 6.87. The van der Waals surface area contributed by atoms with E-state index >= 15 is 0 Å². The molecule has 1 heterocycles. The van der Waals surface area contributed by atoms with E-state index in [0.717, 1.165) is 18.5 Å². The van der Waals surface area contributed by atoms with Gasteiger partial charge in [0, 0.05) is 14.8 Å². The van der Waals surface area contributed by atoms with Gasteiger partial charge in [0.15, 0.2) is 0 Å². The second-order valence-corrected chi connectivity index (χ2v) is 5.67. The highest BCUT2D eigenvalue weighted by atomic mass is 127. The maximum absolute atomic E-state index is 5.96. The fourth-order valence-electron chi connectivity index (χ4n) is 2.39. The van der Waals surface area contributed by atoms with Crippen LogP contribution in [0.2, 0.25) is 0 Å². The quantitative estimate of drug-likeness (QED) is 0.812. The van der Waals surface area contributed by atoms with Gasteiger partial charge in [0.1, 0.15) is 5.82 Å². The molecule has 0 atom stereocenters. The molecule has 3 nitrogen and oxygen atoms in total. The third-order valence-electron chi connectivity index (χ3n) is 3.36. The zero-order valence-electron chi connectivity index (χ0n) is 9.70. The first kappa shape index (κ1) is 11.1. The standard InChI is InChI=1S/C13H14IN3/c1-8-5-6-9(7-11(8)14)17-12-4-2-3-10(12)13(15)16-17/h5-7H,2-4H2,1H3,(H2,15,16). The highest BCUT2D eigenvalue weighted by Crippen LogP contribution is 2.29. The van der Waals surface area contributed by atoms with E-state index in [4.69, 9.17) is 5.73 Å². The second-order valence-electron chi connectivity index (χ2n) is 4.51. The molecule has 0 saturated carbocycles. The van der Waals surface area contributed by atoms with Crippen molar-refractivity contribution in [3.63, 3.8) is 0 Å². The lowest BCUT2D eigenvalue weighted by molar-refractivity contribution is 0.788. The molecule has 0 aliphatic heterocycles. The van der Waals surface area contributed by atoms with E-state index in [1.165, 1.54) is 26.8 Å². The summed E-state index contributed by atoms with van der Waals surface area (Å²) in [7, 11) is 0. The van der Waals surface area contributed by atoms with Crippen LogP contribution in [0.25, 0.3) is 5.69 Å². The summed E-state index contributed by atoms with van der Waals surface area (Å²) in [5.74, 6) is 0.702. The molecule has 0 bridgehead atoms. The van der Waals surface area contributed by atoms with Crippen molar-refractivity contribution in [1.82, 2.24) is 9.78 Å². The molecule has 2 aromatic rings. The van der Waals surface area contributed by atoms with Crippen LogP contribution in [0.1, 0.15) is 23.2 Å². The molecule has 0 fully saturated rings. The summed E-state index contributed by atoms with van der Waals surface area (Å²) in [5.41, 5.74) is 10.9. The minimum absolute atomic E-state index is 0.702. The highest BCUT2D eigenvalue weighted by Gasteiger charge is 2.21. The van der Waals surface area contributed by atoms with Crippen LogP contribution >= 0.6 is 22.6 Å². The van der Waals surface area contributed by atoms with Crippen molar-refractivity contribution in [3.8, 4) is 5.69 Å². The van der Waals surface area contributed by atoms with Crippen molar-refractivity contribution >= 4 is 28.4 Å². The number of halogens is 1. The Morgan fingerprint density at radius 3 is 2.94 bits per heavy atom. The van der Waals surface area contributed by atoms with Gasteiger partial charge in [-0.2, -0.15) is 5.10 Å². The van der Waals surface area contributed by atoms with E-state index in [2.05, 4.69) is 52.8 Å². The largest absolute Gasteiger partial charge is 0.382 e. The van der Waals surface area contributed by atoms with E-state index < -0.39 is 0 Å². The Balaban J connectivity index is 2.15. The monoisotopic (exact) mass is 339 g/mol. The molecule has 0 radical (unpaired) electrons. The lowest BCUT2D eigenvalue weighted by Crippen LogP contribution is -2.02. The number of hydrogen-bond donors (Lipinski definition) is 1. The zero-order valence-corrected chi connectivity index (χ0v) is 11.9. The number of fused-ring (bicyclic) bond motifs is 1. The van der Waals surface area contributed by atoms with Crippen LogP contribution in [0.5, 0.6) is 0 Å². The van der Waals surface area contributed by atoms with E-state index in [1.54, 1.807) is 0 Å². The fourth-order valence-corrected chi connectivity index (χ4v) is 2.89. The number of nitrogens with two attached hydrogens (primary N) is 1. The van der Waals surface area contributed by atoms with Crippen LogP contribution in [0.15, 0.2) is 18.2 Å². The van der Waals surface area contributed by atoms with Gasteiger partial charge in [-0.05, 0) is 66.5 Å². The predicted molar refractivity (Wildman–Crippen MR) is 77.5 cm³/mol. The first-order valence-electron chi connectivity index (χ1n) is 5.79. The molecule has 0 spiro atoms. The van der Waals surface area contributed by atoms with Crippen LogP contribution in [0.3, 0.4) is 0 Å². The Bertz CT molecular complexity index is 587. The van der Waals surface area contributed by atoms with Gasteiger partial charge in [-0.15, -0.1) is 0 Å². The third-order valence-corrected chi connectivity index (χ3v) is 4.52. The van der Waals surface area contributed by atoms with Crippen molar-refractivity contribution in [3.05, 3.63) is 38.6 Å². The summed E-state index contributed by atoms with van der Waals surface area (Å²) >= 11 is 2.36. The number of rotatable bonds is 1. The average Bonchev–Trinajstić information content (AvgIpc) is 2.87. The molecular weight excluding hydrogens is 325 g/mol. The van der Waals surface area contributed by atoms with Crippen molar-refractivity contribution in [2.75, 3.05) is 5.73 Å². The molecule has 3 rings (SSSR count). The minimum Gasteiger partial charge on any atom is -0.382 e. The predicted octanol–water partition coefficient (Wildman–Crippen LogP) is 2.86. The van der Waals surface area contributed by atoms with Crippen LogP contribution in [0.4, 0.5) is 5.82 Å². The molecule has 1 aliphatic carbocycles. The van der Waals surface area contributed by atoms with Gasteiger partial charge in [-0.1, -0.05) is 6.07 Å². The summed E-state index contributed by atoms with van der Waals surface area (Å²) in [4.78, 5) is 0. The summed E-state index contributed by atoms with van der Waals surface area (Å²) in [5, 5.41) is 4.46. The van der Waals surface area contributed by atoms with Crippen LogP contribution in [-0.2, 0) is 12.8 Å². The molecule has 1 aliphatic rings. The first-order chi connectivity index (χ1) is 8.16. The Morgan fingerprint density at radius 2 is 2.18 bits per heavy atom. The topological polar surface area (TPSA) is 43.8 Å². The molecule has 1 aromatic carbocycles. The molecule has 88 valence electrons. The van der Waals surface area contributed by atoms with E-state index in [-0.39, 0.29) is 0 Å². The number of anilines is 1. The van der Waals surface area contributed by atoms with Gasteiger partial charge < -0.3 is 5.73 Å². The van der Waals surface area contributed by atoms with Crippen LogP contribution in [0, 0.1) is 10.5 Å². The molecule has 1 aromatic heterocycles. The average molecular weight is 339 g/mol. The number of benzene rings is 1. The van der Waals surface area contributed by atoms with Gasteiger partial charge >= 0.3 is 0 Å².